The highest BCUT2D eigenvalue weighted by Gasteiger charge is 2.48. The lowest BCUT2D eigenvalue weighted by molar-refractivity contribution is 0.176. The zero-order valence-electron chi connectivity index (χ0n) is 14.1. The molecule has 0 radical (unpaired) electrons. The van der Waals surface area contributed by atoms with Crippen LogP contribution in [0.15, 0.2) is 23.3 Å². The topological polar surface area (TPSA) is 49.7 Å². The maximum absolute atomic E-state index is 10.1. The molecular weight excluding hydrogens is 288 g/mol. The summed E-state index contributed by atoms with van der Waals surface area (Å²) < 4.78 is 5.67. The molecule has 3 nitrogen and oxygen atoms in total. The molecule has 1 aromatic rings. The molecule has 0 aromatic heterocycles. The van der Waals surface area contributed by atoms with Crippen LogP contribution in [0.5, 0.6) is 11.5 Å². The first-order valence-electron chi connectivity index (χ1n) is 8.90. The Morgan fingerprint density at radius 1 is 1.30 bits per heavy atom. The standard InChI is InChI=1S/C20H26O3/c1-3-20-7-6-12-8-14(21)10-16(12)17(20)5-4-13-9-15(22)11-18(23-2)19(13)20/h9,11-12,14,21-22H,3-8,10H2,1-2H3. The predicted molar refractivity (Wildman–Crippen MR) is 89.9 cm³/mol. The zero-order valence-corrected chi connectivity index (χ0v) is 14.1. The molecule has 3 atom stereocenters. The molecule has 3 aliphatic rings. The molecule has 1 saturated carbocycles. The van der Waals surface area contributed by atoms with Crippen LogP contribution < -0.4 is 4.74 Å². The smallest absolute Gasteiger partial charge is 0.126 e. The van der Waals surface area contributed by atoms with E-state index in [2.05, 4.69) is 6.92 Å². The molecule has 23 heavy (non-hydrogen) atoms. The van der Waals surface area contributed by atoms with Gasteiger partial charge in [0.2, 0.25) is 0 Å². The highest BCUT2D eigenvalue weighted by Crippen LogP contribution is 2.58. The van der Waals surface area contributed by atoms with Gasteiger partial charge in [-0.05, 0) is 62.5 Å². The Hall–Kier alpha value is -1.48. The third-order valence-corrected chi connectivity index (χ3v) is 6.50. The third kappa shape index (κ3) is 2.06. The number of fused-ring (bicyclic) bond motifs is 4. The SMILES string of the molecule is CCC12CCC3CC(O)CC3=C1CCc1cc(O)cc(OC)c12. The Morgan fingerprint density at radius 3 is 2.87 bits per heavy atom. The maximum atomic E-state index is 10.1. The van der Waals surface area contributed by atoms with Crippen LogP contribution in [0.2, 0.25) is 0 Å². The summed E-state index contributed by atoms with van der Waals surface area (Å²) in [5.74, 6) is 1.72. The number of phenols is 1. The summed E-state index contributed by atoms with van der Waals surface area (Å²) >= 11 is 0. The van der Waals surface area contributed by atoms with Crippen molar-refractivity contribution in [3.63, 3.8) is 0 Å². The zero-order chi connectivity index (χ0) is 16.2. The highest BCUT2D eigenvalue weighted by molar-refractivity contribution is 5.58. The molecule has 2 N–H and O–H groups in total. The number of phenolic OH excluding ortho intramolecular Hbond substituents is 1. The molecule has 0 saturated heterocycles. The monoisotopic (exact) mass is 314 g/mol. The first-order valence-corrected chi connectivity index (χ1v) is 8.90. The summed E-state index contributed by atoms with van der Waals surface area (Å²) in [5, 5.41) is 20.2. The molecule has 4 rings (SSSR count). The van der Waals surface area contributed by atoms with Gasteiger partial charge in [0.25, 0.3) is 0 Å². The van der Waals surface area contributed by atoms with Gasteiger partial charge in [0.05, 0.1) is 13.2 Å². The predicted octanol–water partition coefficient (Wildman–Crippen LogP) is 3.86. The fourth-order valence-corrected chi connectivity index (χ4v) is 5.58. The van der Waals surface area contributed by atoms with Crippen molar-refractivity contribution in [1.82, 2.24) is 0 Å². The average molecular weight is 314 g/mol. The summed E-state index contributed by atoms with van der Waals surface area (Å²) in [5.41, 5.74) is 5.69. The van der Waals surface area contributed by atoms with Crippen LogP contribution >= 0.6 is 0 Å². The highest BCUT2D eigenvalue weighted by atomic mass is 16.5. The lowest BCUT2D eigenvalue weighted by Gasteiger charge is -2.47. The van der Waals surface area contributed by atoms with Crippen LogP contribution in [0.4, 0.5) is 0 Å². The van der Waals surface area contributed by atoms with E-state index < -0.39 is 0 Å². The van der Waals surface area contributed by atoms with E-state index in [1.54, 1.807) is 18.7 Å². The van der Waals surface area contributed by atoms with Crippen LogP contribution in [0, 0.1) is 5.92 Å². The first-order chi connectivity index (χ1) is 11.1. The van der Waals surface area contributed by atoms with Gasteiger partial charge in [-0.15, -0.1) is 0 Å². The molecule has 3 unspecified atom stereocenters. The van der Waals surface area contributed by atoms with Crippen molar-refractivity contribution in [2.45, 2.75) is 63.4 Å². The van der Waals surface area contributed by atoms with Crippen LogP contribution in [0.3, 0.4) is 0 Å². The summed E-state index contributed by atoms with van der Waals surface area (Å²) in [6, 6.07) is 3.69. The minimum absolute atomic E-state index is 0.0442. The Bertz CT molecular complexity index is 658. The Kier molecular flexibility index (Phi) is 3.45. The second-order valence-corrected chi connectivity index (χ2v) is 7.45. The van der Waals surface area contributed by atoms with E-state index in [-0.39, 0.29) is 11.5 Å². The molecule has 124 valence electrons. The number of benzene rings is 1. The normalized spacial score (nSPS) is 32.3. The number of allylic oxidation sites excluding steroid dienone is 1. The molecule has 0 heterocycles. The number of aliphatic hydroxyl groups is 1. The second-order valence-electron chi connectivity index (χ2n) is 7.45. The Balaban J connectivity index is 1.95. The maximum Gasteiger partial charge on any atom is 0.126 e. The number of aliphatic hydroxyl groups excluding tert-OH is 1. The summed E-state index contributed by atoms with van der Waals surface area (Å²) in [6.45, 7) is 2.27. The number of aryl methyl sites for hydroxylation is 1. The summed E-state index contributed by atoms with van der Waals surface area (Å²) in [6.07, 6.45) is 7.02. The van der Waals surface area contributed by atoms with Crippen molar-refractivity contribution in [3.05, 3.63) is 34.4 Å². The number of hydrogen-bond acceptors (Lipinski definition) is 3. The summed E-state index contributed by atoms with van der Waals surface area (Å²) in [7, 11) is 1.70. The molecule has 1 fully saturated rings. The van der Waals surface area contributed by atoms with Gasteiger partial charge in [0.1, 0.15) is 11.5 Å². The van der Waals surface area contributed by atoms with E-state index in [0.717, 1.165) is 50.7 Å². The minimum Gasteiger partial charge on any atom is -0.508 e. The number of methoxy groups -OCH3 is 1. The van der Waals surface area contributed by atoms with E-state index in [1.165, 1.54) is 16.7 Å². The van der Waals surface area contributed by atoms with E-state index in [4.69, 9.17) is 4.74 Å². The Morgan fingerprint density at radius 2 is 2.13 bits per heavy atom. The lowest BCUT2D eigenvalue weighted by Crippen LogP contribution is -2.38. The summed E-state index contributed by atoms with van der Waals surface area (Å²) in [4.78, 5) is 0. The fraction of sp³-hybridized carbons (Fsp3) is 0.600. The molecule has 3 heteroatoms. The van der Waals surface area contributed by atoms with Gasteiger partial charge in [0, 0.05) is 17.0 Å². The van der Waals surface area contributed by atoms with Crippen molar-refractivity contribution >= 4 is 0 Å². The van der Waals surface area contributed by atoms with Gasteiger partial charge < -0.3 is 14.9 Å². The number of rotatable bonds is 2. The number of aromatic hydroxyl groups is 1. The van der Waals surface area contributed by atoms with Crippen molar-refractivity contribution in [3.8, 4) is 11.5 Å². The van der Waals surface area contributed by atoms with Crippen molar-refractivity contribution in [2.75, 3.05) is 7.11 Å². The third-order valence-electron chi connectivity index (χ3n) is 6.50. The van der Waals surface area contributed by atoms with Gasteiger partial charge in [-0.2, -0.15) is 0 Å². The van der Waals surface area contributed by atoms with Gasteiger partial charge in [-0.1, -0.05) is 18.1 Å². The van der Waals surface area contributed by atoms with E-state index in [9.17, 15) is 10.2 Å². The molecule has 0 spiro atoms. The van der Waals surface area contributed by atoms with Gasteiger partial charge in [-0.3, -0.25) is 0 Å². The van der Waals surface area contributed by atoms with Crippen LogP contribution in [0.1, 0.15) is 56.6 Å². The Labute approximate surface area is 138 Å². The van der Waals surface area contributed by atoms with Crippen molar-refractivity contribution in [1.29, 1.82) is 0 Å². The second kappa shape index (κ2) is 5.27. The van der Waals surface area contributed by atoms with E-state index in [0.29, 0.717) is 11.7 Å². The average Bonchev–Trinajstić information content (AvgIpc) is 2.93. The van der Waals surface area contributed by atoms with E-state index >= 15 is 0 Å². The van der Waals surface area contributed by atoms with Crippen molar-refractivity contribution < 1.29 is 14.9 Å². The molecular formula is C20H26O3. The molecule has 3 aliphatic carbocycles. The minimum atomic E-state index is -0.154. The van der Waals surface area contributed by atoms with Crippen LogP contribution in [0.25, 0.3) is 0 Å². The number of hydrogen-bond donors (Lipinski definition) is 2. The van der Waals surface area contributed by atoms with Crippen LogP contribution in [-0.4, -0.2) is 23.4 Å². The number of ether oxygens (including phenoxy) is 1. The lowest BCUT2D eigenvalue weighted by atomic mass is 9.57. The van der Waals surface area contributed by atoms with Gasteiger partial charge in [-0.25, -0.2) is 0 Å². The van der Waals surface area contributed by atoms with Crippen molar-refractivity contribution in [2.24, 2.45) is 5.92 Å². The van der Waals surface area contributed by atoms with Gasteiger partial charge in [0.15, 0.2) is 0 Å². The molecule has 0 bridgehead atoms. The largest absolute Gasteiger partial charge is 0.508 e. The fourth-order valence-electron chi connectivity index (χ4n) is 5.58. The molecule has 0 aliphatic heterocycles. The quantitative estimate of drug-likeness (QED) is 0.815. The first kappa shape index (κ1) is 15.1. The van der Waals surface area contributed by atoms with Gasteiger partial charge >= 0.3 is 0 Å². The molecule has 1 aromatic carbocycles. The molecule has 0 amide bonds. The van der Waals surface area contributed by atoms with E-state index in [1.807, 2.05) is 6.07 Å². The van der Waals surface area contributed by atoms with Crippen LogP contribution in [-0.2, 0) is 11.8 Å².